The molecule has 0 atom stereocenters. The molecule has 0 amide bonds. The van der Waals surface area contributed by atoms with Gasteiger partial charge in [-0.3, -0.25) is 4.79 Å². The van der Waals surface area contributed by atoms with Crippen LogP contribution in [0.15, 0.2) is 42.5 Å². The first-order chi connectivity index (χ1) is 9.60. The molecule has 0 aliphatic heterocycles. The Morgan fingerprint density at radius 2 is 1.75 bits per heavy atom. The van der Waals surface area contributed by atoms with Crippen LogP contribution >= 0.6 is 0 Å². The molecule has 20 heavy (non-hydrogen) atoms. The lowest BCUT2D eigenvalue weighted by Gasteiger charge is -2.09. The minimum atomic E-state index is -0.01000. The van der Waals surface area contributed by atoms with Crippen molar-refractivity contribution in [3.63, 3.8) is 0 Å². The molecule has 0 fully saturated rings. The van der Waals surface area contributed by atoms with E-state index in [9.17, 15) is 4.79 Å². The van der Waals surface area contributed by atoms with Gasteiger partial charge in [0.05, 0.1) is 0 Å². The number of hydrogen-bond donors (Lipinski definition) is 2. The van der Waals surface area contributed by atoms with Crippen molar-refractivity contribution in [1.29, 1.82) is 0 Å². The molecule has 0 unspecified atom stereocenters. The van der Waals surface area contributed by atoms with Crippen LogP contribution in [0.2, 0.25) is 0 Å². The highest BCUT2D eigenvalue weighted by Crippen LogP contribution is 2.19. The molecule has 0 radical (unpaired) electrons. The molecular weight excluding hydrogens is 248 g/mol. The Hall–Kier alpha value is -2.29. The molecule has 0 spiro atoms. The molecule has 0 aliphatic carbocycles. The Morgan fingerprint density at radius 3 is 2.30 bits per heavy atom. The Balaban J connectivity index is 2.03. The molecule has 3 heteroatoms. The van der Waals surface area contributed by atoms with Crippen LogP contribution in [0.4, 0.5) is 11.4 Å². The minimum absolute atomic E-state index is 0.01000. The topological polar surface area (TPSA) is 55.1 Å². The van der Waals surface area contributed by atoms with Gasteiger partial charge < -0.3 is 11.1 Å². The van der Waals surface area contributed by atoms with E-state index in [-0.39, 0.29) is 5.78 Å². The third kappa shape index (κ3) is 3.38. The predicted octanol–water partition coefficient (Wildman–Crippen LogP) is 3.65. The second-order valence-electron chi connectivity index (χ2n) is 4.88. The summed E-state index contributed by atoms with van der Waals surface area (Å²) in [5.41, 5.74) is 10.4. The molecule has 3 N–H and O–H groups in total. The largest absolute Gasteiger partial charge is 0.398 e. The first-order valence-corrected chi connectivity index (χ1v) is 6.82. The van der Waals surface area contributed by atoms with Crippen LogP contribution in [0.5, 0.6) is 0 Å². The minimum Gasteiger partial charge on any atom is -0.398 e. The zero-order valence-corrected chi connectivity index (χ0v) is 11.9. The molecule has 0 saturated heterocycles. The van der Waals surface area contributed by atoms with Crippen molar-refractivity contribution in [3.8, 4) is 0 Å². The van der Waals surface area contributed by atoms with Gasteiger partial charge in [-0.1, -0.05) is 31.2 Å². The van der Waals surface area contributed by atoms with Gasteiger partial charge in [-0.25, -0.2) is 0 Å². The summed E-state index contributed by atoms with van der Waals surface area (Å²) in [6.07, 6.45) is 1.05. The summed E-state index contributed by atoms with van der Waals surface area (Å²) in [6, 6.07) is 14.0. The Labute approximate surface area is 119 Å². The number of anilines is 2. The highest BCUT2D eigenvalue weighted by Gasteiger charge is 2.05. The number of ketones is 1. The molecule has 104 valence electrons. The molecule has 2 rings (SSSR count). The van der Waals surface area contributed by atoms with Gasteiger partial charge in [-0.05, 0) is 42.7 Å². The highest BCUT2D eigenvalue weighted by molar-refractivity contribution is 5.99. The van der Waals surface area contributed by atoms with Gasteiger partial charge in [0, 0.05) is 23.5 Å². The third-order valence-electron chi connectivity index (χ3n) is 3.36. The van der Waals surface area contributed by atoms with Crippen molar-refractivity contribution in [2.45, 2.75) is 26.8 Å². The summed E-state index contributed by atoms with van der Waals surface area (Å²) in [7, 11) is 0. The van der Waals surface area contributed by atoms with Crippen LogP contribution in [0.1, 0.15) is 35.3 Å². The van der Waals surface area contributed by atoms with Crippen molar-refractivity contribution in [2.75, 3.05) is 11.1 Å². The molecule has 0 saturated carbocycles. The smallest absolute Gasteiger partial charge is 0.161 e. The van der Waals surface area contributed by atoms with Gasteiger partial charge in [-0.2, -0.15) is 0 Å². The second-order valence-corrected chi connectivity index (χ2v) is 4.88. The predicted molar refractivity (Wildman–Crippen MR) is 84.0 cm³/mol. The van der Waals surface area contributed by atoms with Crippen molar-refractivity contribution in [3.05, 3.63) is 59.2 Å². The number of benzene rings is 2. The number of carbonyl (C=O) groups is 1. The van der Waals surface area contributed by atoms with Crippen LogP contribution < -0.4 is 11.1 Å². The summed E-state index contributed by atoms with van der Waals surface area (Å²) in [5.74, 6) is -0.01000. The van der Waals surface area contributed by atoms with E-state index in [4.69, 9.17) is 5.73 Å². The average molecular weight is 268 g/mol. The van der Waals surface area contributed by atoms with E-state index in [2.05, 4.69) is 36.5 Å². The molecule has 0 heterocycles. The lowest BCUT2D eigenvalue weighted by Crippen LogP contribution is -2.03. The van der Waals surface area contributed by atoms with Gasteiger partial charge >= 0.3 is 0 Å². The van der Waals surface area contributed by atoms with Crippen LogP contribution in [-0.2, 0) is 13.0 Å². The number of nitrogens with one attached hydrogen (secondary N) is 1. The maximum absolute atomic E-state index is 11.3. The van der Waals surface area contributed by atoms with E-state index < -0.39 is 0 Å². The summed E-state index contributed by atoms with van der Waals surface area (Å²) >= 11 is 0. The van der Waals surface area contributed by atoms with Crippen LogP contribution in [0, 0.1) is 0 Å². The third-order valence-corrected chi connectivity index (χ3v) is 3.36. The molecule has 0 aromatic heterocycles. The van der Waals surface area contributed by atoms with Gasteiger partial charge in [0.2, 0.25) is 0 Å². The summed E-state index contributed by atoms with van der Waals surface area (Å²) in [4.78, 5) is 11.3. The van der Waals surface area contributed by atoms with E-state index in [0.717, 1.165) is 18.7 Å². The second kappa shape index (κ2) is 6.24. The van der Waals surface area contributed by atoms with Crippen LogP contribution in [0.25, 0.3) is 0 Å². The number of nitrogens with two attached hydrogens (primary N) is 1. The number of carbonyl (C=O) groups excluding carboxylic acids is 1. The van der Waals surface area contributed by atoms with E-state index in [0.29, 0.717) is 11.3 Å². The lowest BCUT2D eigenvalue weighted by molar-refractivity contribution is 0.101. The molecule has 3 nitrogen and oxygen atoms in total. The summed E-state index contributed by atoms with van der Waals surface area (Å²) in [6.45, 7) is 4.41. The van der Waals surface area contributed by atoms with E-state index >= 15 is 0 Å². The fourth-order valence-electron chi connectivity index (χ4n) is 2.09. The van der Waals surface area contributed by atoms with Crippen molar-refractivity contribution in [2.24, 2.45) is 0 Å². The number of aryl methyl sites for hydroxylation is 1. The van der Waals surface area contributed by atoms with E-state index in [1.54, 1.807) is 12.1 Å². The first-order valence-electron chi connectivity index (χ1n) is 6.82. The molecule has 2 aromatic rings. The van der Waals surface area contributed by atoms with Crippen molar-refractivity contribution in [1.82, 2.24) is 0 Å². The lowest BCUT2D eigenvalue weighted by atomic mass is 10.1. The normalized spacial score (nSPS) is 10.3. The highest BCUT2D eigenvalue weighted by atomic mass is 16.1. The SMILES string of the molecule is CCc1ccc(CNc2ccc(C(C)=O)c(N)c2)cc1. The fraction of sp³-hybridized carbons (Fsp3) is 0.235. The van der Waals surface area contributed by atoms with Crippen molar-refractivity contribution < 1.29 is 4.79 Å². The molecule has 0 bridgehead atoms. The van der Waals surface area contributed by atoms with Gasteiger partial charge in [-0.15, -0.1) is 0 Å². The fourth-order valence-corrected chi connectivity index (χ4v) is 2.09. The number of hydrogen-bond acceptors (Lipinski definition) is 3. The molecule has 2 aromatic carbocycles. The van der Waals surface area contributed by atoms with E-state index in [1.165, 1.54) is 18.1 Å². The summed E-state index contributed by atoms with van der Waals surface area (Å²) < 4.78 is 0. The van der Waals surface area contributed by atoms with E-state index in [1.807, 2.05) is 6.07 Å². The molecule has 0 aliphatic rings. The zero-order valence-electron chi connectivity index (χ0n) is 11.9. The van der Waals surface area contributed by atoms with Gasteiger partial charge in [0.15, 0.2) is 5.78 Å². The van der Waals surface area contributed by atoms with Crippen LogP contribution in [-0.4, -0.2) is 5.78 Å². The zero-order chi connectivity index (χ0) is 14.5. The average Bonchev–Trinajstić information content (AvgIpc) is 2.45. The maximum Gasteiger partial charge on any atom is 0.161 e. The molecular formula is C17H20N2O. The van der Waals surface area contributed by atoms with Crippen LogP contribution in [0.3, 0.4) is 0 Å². The Morgan fingerprint density at radius 1 is 1.10 bits per heavy atom. The number of rotatable bonds is 5. The standard InChI is InChI=1S/C17H20N2O/c1-3-13-4-6-14(7-5-13)11-19-15-8-9-16(12(2)20)17(18)10-15/h4-10,19H,3,11,18H2,1-2H3. The number of Topliss-reactive ketones (excluding diaryl/α,β-unsaturated/α-hetero) is 1. The van der Waals surface area contributed by atoms with Gasteiger partial charge in [0.1, 0.15) is 0 Å². The first kappa shape index (κ1) is 14.1. The quantitative estimate of drug-likeness (QED) is 0.643. The monoisotopic (exact) mass is 268 g/mol. The Bertz CT molecular complexity index is 603. The number of nitrogen functional groups attached to an aromatic ring is 1. The van der Waals surface area contributed by atoms with Gasteiger partial charge in [0.25, 0.3) is 0 Å². The Kier molecular flexibility index (Phi) is 4.41. The van der Waals surface area contributed by atoms with Crippen molar-refractivity contribution >= 4 is 17.2 Å². The summed E-state index contributed by atoms with van der Waals surface area (Å²) in [5, 5.41) is 3.31. The maximum atomic E-state index is 11.3.